The van der Waals surface area contributed by atoms with Crippen molar-refractivity contribution in [1.82, 2.24) is 4.98 Å². The number of hydrogen-bond donors (Lipinski definition) is 0. The van der Waals surface area contributed by atoms with E-state index in [1.165, 1.54) is 11.1 Å². The number of sulfone groups is 1. The summed E-state index contributed by atoms with van der Waals surface area (Å²) in [4.78, 5) is 4.44. The predicted octanol–water partition coefficient (Wildman–Crippen LogP) is 4.81. The Balaban J connectivity index is 1.57. The summed E-state index contributed by atoms with van der Waals surface area (Å²) in [6.07, 6.45) is 11.7. The van der Waals surface area contributed by atoms with E-state index in [0.717, 1.165) is 37.8 Å². The first kappa shape index (κ1) is 18.4. The van der Waals surface area contributed by atoms with Crippen LogP contribution in [-0.2, 0) is 9.84 Å². The largest absolute Gasteiger partial charge is 0.256 e. The number of rotatable bonds is 4. The summed E-state index contributed by atoms with van der Waals surface area (Å²) in [5, 5.41) is 0. The molecule has 1 aromatic rings. The molecule has 1 saturated carbocycles. The average molecular weight is 360 g/mol. The Morgan fingerprint density at radius 2 is 1.84 bits per heavy atom. The van der Waals surface area contributed by atoms with Gasteiger partial charge in [-0.25, -0.2) is 8.42 Å². The topological polar surface area (TPSA) is 47.0 Å². The first-order valence-electron chi connectivity index (χ1n) is 9.30. The van der Waals surface area contributed by atoms with Crippen molar-refractivity contribution in [2.75, 3.05) is 5.75 Å². The van der Waals surface area contributed by atoms with E-state index in [1.807, 2.05) is 39.1 Å². The Hall–Kier alpha value is -1.42. The minimum absolute atomic E-state index is 0.325. The molecule has 136 valence electrons. The lowest BCUT2D eigenvalue weighted by molar-refractivity contribution is 0.318. The van der Waals surface area contributed by atoms with Gasteiger partial charge in [0.15, 0.2) is 9.84 Å². The molecule has 0 N–H and O–H groups in total. The fourth-order valence-electron chi connectivity index (χ4n) is 3.80. The van der Waals surface area contributed by atoms with Crippen LogP contribution in [0.1, 0.15) is 58.6 Å². The molecule has 0 bridgehead atoms. The first-order chi connectivity index (χ1) is 11.8. The van der Waals surface area contributed by atoms with Gasteiger partial charge in [-0.3, -0.25) is 4.98 Å². The molecular formula is C21H29NO2S. The van der Waals surface area contributed by atoms with Crippen molar-refractivity contribution >= 4 is 15.4 Å². The number of hydrogen-bond acceptors (Lipinski definition) is 3. The molecule has 1 fully saturated rings. The zero-order valence-corrected chi connectivity index (χ0v) is 16.3. The Kier molecular flexibility index (Phi) is 5.19. The zero-order valence-electron chi connectivity index (χ0n) is 15.5. The van der Waals surface area contributed by atoms with Crippen molar-refractivity contribution in [3.05, 3.63) is 47.8 Å². The van der Waals surface area contributed by atoms with E-state index in [0.29, 0.717) is 17.6 Å². The minimum Gasteiger partial charge on any atom is -0.256 e. The van der Waals surface area contributed by atoms with Crippen molar-refractivity contribution in [3.63, 3.8) is 0 Å². The van der Waals surface area contributed by atoms with E-state index in [1.54, 1.807) is 0 Å². The molecule has 25 heavy (non-hydrogen) atoms. The van der Waals surface area contributed by atoms with Gasteiger partial charge in [0, 0.05) is 6.20 Å². The van der Waals surface area contributed by atoms with Crippen molar-refractivity contribution in [2.24, 2.45) is 11.8 Å². The van der Waals surface area contributed by atoms with E-state index in [2.05, 4.69) is 23.2 Å². The molecule has 3 nitrogen and oxygen atoms in total. The standard InChI is InChI=1S/C21H29NO2S/c1-21(2,3)25(23,24)15-16-7-9-17(10-8-16)18-11-12-19(14-18)20-6-4-5-13-22-20/h4-6,12-14,16-17H,7-11,15H2,1-3H3. The first-order valence-corrected chi connectivity index (χ1v) is 11.0. The normalized spacial score (nSPS) is 24.8. The second-order valence-corrected chi connectivity index (χ2v) is 11.2. The highest BCUT2D eigenvalue weighted by atomic mass is 32.2. The molecule has 1 aromatic heterocycles. The van der Waals surface area contributed by atoms with Gasteiger partial charge in [0.05, 0.1) is 16.2 Å². The zero-order chi connectivity index (χ0) is 18.1. The van der Waals surface area contributed by atoms with Crippen molar-refractivity contribution in [2.45, 2.75) is 57.6 Å². The van der Waals surface area contributed by atoms with Gasteiger partial charge < -0.3 is 0 Å². The predicted molar refractivity (Wildman–Crippen MR) is 104 cm³/mol. The van der Waals surface area contributed by atoms with Crippen LogP contribution in [-0.4, -0.2) is 23.9 Å². The molecule has 0 aromatic carbocycles. The molecule has 0 amide bonds. The van der Waals surface area contributed by atoms with Crippen molar-refractivity contribution < 1.29 is 8.42 Å². The highest BCUT2D eigenvalue weighted by Crippen LogP contribution is 2.39. The Morgan fingerprint density at radius 3 is 2.44 bits per heavy atom. The summed E-state index contributed by atoms with van der Waals surface area (Å²) >= 11 is 0. The molecule has 2 aliphatic carbocycles. The maximum absolute atomic E-state index is 12.4. The maximum Gasteiger partial charge on any atom is 0.155 e. The smallest absolute Gasteiger partial charge is 0.155 e. The van der Waals surface area contributed by atoms with Crippen LogP contribution < -0.4 is 0 Å². The van der Waals surface area contributed by atoms with Crippen molar-refractivity contribution in [1.29, 1.82) is 0 Å². The summed E-state index contributed by atoms with van der Waals surface area (Å²) in [5.41, 5.74) is 3.77. The SMILES string of the molecule is CC(C)(C)S(=O)(=O)CC1CCC(C2=CC(c3ccccn3)=CC2)CC1. The van der Waals surface area contributed by atoms with Crippen LogP contribution in [0.5, 0.6) is 0 Å². The number of allylic oxidation sites excluding steroid dienone is 4. The average Bonchev–Trinajstić information content (AvgIpc) is 3.05. The van der Waals surface area contributed by atoms with Crippen LogP contribution in [0.3, 0.4) is 0 Å². The molecule has 2 aliphatic rings. The number of aromatic nitrogens is 1. The van der Waals surface area contributed by atoms with Crippen molar-refractivity contribution in [3.8, 4) is 0 Å². The number of nitrogens with zero attached hydrogens (tertiary/aromatic N) is 1. The lowest BCUT2D eigenvalue weighted by Gasteiger charge is -2.31. The highest BCUT2D eigenvalue weighted by molar-refractivity contribution is 7.92. The second-order valence-electron chi connectivity index (χ2n) is 8.41. The lowest BCUT2D eigenvalue weighted by atomic mass is 9.79. The van der Waals surface area contributed by atoms with Gasteiger partial charge in [-0.2, -0.15) is 0 Å². The lowest BCUT2D eigenvalue weighted by Crippen LogP contribution is -2.34. The van der Waals surface area contributed by atoms with Gasteiger partial charge in [-0.05, 0) is 82.4 Å². The Morgan fingerprint density at radius 1 is 1.12 bits per heavy atom. The molecule has 3 rings (SSSR count). The fraction of sp³-hybridized carbons (Fsp3) is 0.571. The number of pyridine rings is 1. The van der Waals surface area contributed by atoms with Crippen LogP contribution in [0.25, 0.3) is 5.57 Å². The van der Waals surface area contributed by atoms with Gasteiger partial charge in [0.25, 0.3) is 0 Å². The minimum atomic E-state index is -3.01. The van der Waals surface area contributed by atoms with E-state index >= 15 is 0 Å². The van der Waals surface area contributed by atoms with Gasteiger partial charge in [0.1, 0.15) is 0 Å². The summed E-state index contributed by atoms with van der Waals surface area (Å²) in [6, 6.07) is 6.02. The Bertz CT molecular complexity index is 762. The summed E-state index contributed by atoms with van der Waals surface area (Å²) in [7, 11) is -3.01. The van der Waals surface area contributed by atoms with Crippen LogP contribution in [0.4, 0.5) is 0 Å². The van der Waals surface area contributed by atoms with Gasteiger partial charge in [-0.15, -0.1) is 0 Å². The van der Waals surface area contributed by atoms with Crippen LogP contribution >= 0.6 is 0 Å². The van der Waals surface area contributed by atoms with Gasteiger partial charge in [-0.1, -0.05) is 23.8 Å². The van der Waals surface area contributed by atoms with Crippen LogP contribution in [0.15, 0.2) is 42.1 Å². The van der Waals surface area contributed by atoms with Gasteiger partial charge in [0.2, 0.25) is 0 Å². The molecule has 0 radical (unpaired) electrons. The Labute approximate surface area is 152 Å². The molecule has 0 saturated heterocycles. The third kappa shape index (κ3) is 4.22. The molecule has 0 aliphatic heterocycles. The monoisotopic (exact) mass is 359 g/mol. The van der Waals surface area contributed by atoms with E-state index in [4.69, 9.17) is 0 Å². The quantitative estimate of drug-likeness (QED) is 0.774. The van der Waals surface area contributed by atoms with E-state index in [9.17, 15) is 8.42 Å². The molecular weight excluding hydrogens is 330 g/mol. The molecule has 0 spiro atoms. The van der Waals surface area contributed by atoms with Gasteiger partial charge >= 0.3 is 0 Å². The molecule has 4 heteroatoms. The molecule has 0 atom stereocenters. The fourth-order valence-corrected chi connectivity index (χ4v) is 5.26. The maximum atomic E-state index is 12.4. The van der Waals surface area contributed by atoms with Crippen LogP contribution in [0.2, 0.25) is 0 Å². The molecule has 0 unspecified atom stereocenters. The van der Waals surface area contributed by atoms with E-state index in [-0.39, 0.29) is 0 Å². The third-order valence-electron chi connectivity index (χ3n) is 5.62. The summed E-state index contributed by atoms with van der Waals surface area (Å²) in [5.74, 6) is 1.27. The third-order valence-corrected chi connectivity index (χ3v) is 8.39. The molecule has 1 heterocycles. The van der Waals surface area contributed by atoms with E-state index < -0.39 is 14.6 Å². The summed E-state index contributed by atoms with van der Waals surface area (Å²) in [6.45, 7) is 5.42. The highest BCUT2D eigenvalue weighted by Gasteiger charge is 2.34. The van der Waals surface area contributed by atoms with Crippen LogP contribution in [0, 0.1) is 11.8 Å². The summed E-state index contributed by atoms with van der Waals surface area (Å²) < 4.78 is 24.2. The second kappa shape index (κ2) is 7.06.